The van der Waals surface area contributed by atoms with Crippen molar-refractivity contribution < 1.29 is 14.3 Å². The number of ether oxygens (including phenoxy) is 2. The van der Waals surface area contributed by atoms with Gasteiger partial charge < -0.3 is 19.7 Å². The summed E-state index contributed by atoms with van der Waals surface area (Å²) in [5.74, 6) is 1.66. The minimum Gasteiger partial charge on any atom is -0.493 e. The van der Waals surface area contributed by atoms with Gasteiger partial charge in [-0.05, 0) is 37.6 Å². The molecule has 1 aromatic carbocycles. The molecule has 1 aliphatic rings. The highest BCUT2D eigenvalue weighted by Gasteiger charge is 2.31. The van der Waals surface area contributed by atoms with Crippen LogP contribution in [0.3, 0.4) is 0 Å². The number of carbonyl (C=O) groups excluding carboxylic acids is 1. The van der Waals surface area contributed by atoms with Gasteiger partial charge in [-0.15, -0.1) is 0 Å². The second-order valence-corrected chi connectivity index (χ2v) is 5.52. The van der Waals surface area contributed by atoms with E-state index in [2.05, 4.69) is 12.2 Å². The van der Waals surface area contributed by atoms with Crippen molar-refractivity contribution in [3.05, 3.63) is 23.8 Å². The van der Waals surface area contributed by atoms with Gasteiger partial charge in [0, 0.05) is 19.6 Å². The molecule has 1 N–H and O–H groups in total. The molecule has 5 nitrogen and oxygen atoms in total. The first kappa shape index (κ1) is 15.6. The van der Waals surface area contributed by atoms with Crippen LogP contribution in [-0.4, -0.2) is 44.7 Å². The minimum absolute atomic E-state index is 0.0788. The highest BCUT2D eigenvalue weighted by Crippen LogP contribution is 2.28. The van der Waals surface area contributed by atoms with Crippen molar-refractivity contribution in [2.45, 2.75) is 25.9 Å². The van der Waals surface area contributed by atoms with Gasteiger partial charge in [-0.1, -0.05) is 6.07 Å². The Morgan fingerprint density at radius 3 is 2.62 bits per heavy atom. The molecular formula is C16H24N2O3. The van der Waals surface area contributed by atoms with Crippen LogP contribution in [-0.2, 0) is 11.3 Å². The van der Waals surface area contributed by atoms with E-state index >= 15 is 0 Å². The topological polar surface area (TPSA) is 50.8 Å². The van der Waals surface area contributed by atoms with Gasteiger partial charge in [-0.3, -0.25) is 4.79 Å². The summed E-state index contributed by atoms with van der Waals surface area (Å²) in [4.78, 5) is 14.3. The van der Waals surface area contributed by atoms with E-state index in [1.165, 1.54) is 0 Å². The number of hydrogen-bond donors (Lipinski definition) is 1. The summed E-state index contributed by atoms with van der Waals surface area (Å²) in [5, 5.41) is 3.32. The molecule has 1 saturated heterocycles. The van der Waals surface area contributed by atoms with Crippen LogP contribution < -0.4 is 14.8 Å². The Balaban J connectivity index is 2.05. The molecule has 2 atom stereocenters. The molecule has 0 aromatic heterocycles. The summed E-state index contributed by atoms with van der Waals surface area (Å²) in [6.07, 6.45) is 0.913. The lowest BCUT2D eigenvalue weighted by atomic mass is 10.0. The molecule has 1 fully saturated rings. The summed E-state index contributed by atoms with van der Waals surface area (Å²) in [6, 6.07) is 6.00. The van der Waals surface area contributed by atoms with Crippen molar-refractivity contribution in [3.63, 3.8) is 0 Å². The quantitative estimate of drug-likeness (QED) is 0.897. The molecule has 1 heterocycles. The van der Waals surface area contributed by atoms with Crippen molar-refractivity contribution in [1.29, 1.82) is 0 Å². The van der Waals surface area contributed by atoms with Crippen LogP contribution in [0.1, 0.15) is 18.9 Å². The van der Waals surface area contributed by atoms with E-state index in [1.54, 1.807) is 19.1 Å². The average molecular weight is 292 g/mol. The van der Waals surface area contributed by atoms with Crippen LogP contribution in [0, 0.1) is 5.92 Å². The molecular weight excluding hydrogens is 268 g/mol. The van der Waals surface area contributed by atoms with Gasteiger partial charge in [-0.2, -0.15) is 0 Å². The fraction of sp³-hybridized carbons (Fsp3) is 0.562. The number of amides is 1. The Morgan fingerprint density at radius 1 is 1.33 bits per heavy atom. The molecule has 1 aliphatic heterocycles. The summed E-state index contributed by atoms with van der Waals surface area (Å²) in [5.41, 5.74) is 1.03. The van der Waals surface area contributed by atoms with Crippen LogP contribution in [0.5, 0.6) is 11.5 Å². The third-order valence-corrected chi connectivity index (χ3v) is 4.09. The molecule has 5 heteroatoms. The zero-order valence-electron chi connectivity index (χ0n) is 13.2. The minimum atomic E-state index is 0.0788. The van der Waals surface area contributed by atoms with Crippen molar-refractivity contribution in [2.24, 2.45) is 5.92 Å². The van der Waals surface area contributed by atoms with Crippen LogP contribution in [0.4, 0.5) is 0 Å². The summed E-state index contributed by atoms with van der Waals surface area (Å²) in [6.45, 7) is 3.56. The van der Waals surface area contributed by atoms with Gasteiger partial charge in [-0.25, -0.2) is 0 Å². The normalized spacial score (nSPS) is 21.1. The zero-order valence-corrected chi connectivity index (χ0v) is 13.2. The third-order valence-electron chi connectivity index (χ3n) is 4.09. The monoisotopic (exact) mass is 292 g/mol. The van der Waals surface area contributed by atoms with Gasteiger partial charge in [0.1, 0.15) is 0 Å². The Bertz CT molecular complexity index is 504. The Kier molecular flexibility index (Phi) is 5.07. The lowest BCUT2D eigenvalue weighted by Crippen LogP contribution is -2.37. The maximum absolute atomic E-state index is 12.5. The zero-order chi connectivity index (χ0) is 15.4. The Hall–Kier alpha value is -1.75. The number of benzene rings is 1. The second kappa shape index (κ2) is 6.80. The molecule has 21 heavy (non-hydrogen) atoms. The van der Waals surface area contributed by atoms with Crippen LogP contribution in [0.2, 0.25) is 0 Å². The molecule has 0 aliphatic carbocycles. The van der Waals surface area contributed by atoms with Crippen molar-refractivity contribution in [2.75, 3.05) is 27.8 Å². The first-order chi connectivity index (χ1) is 10.1. The molecule has 0 radical (unpaired) electrons. The Morgan fingerprint density at radius 2 is 2.05 bits per heavy atom. The summed E-state index contributed by atoms with van der Waals surface area (Å²) >= 11 is 0. The van der Waals surface area contributed by atoms with Gasteiger partial charge in [0.15, 0.2) is 11.5 Å². The van der Waals surface area contributed by atoms with E-state index in [0.29, 0.717) is 18.0 Å². The maximum Gasteiger partial charge on any atom is 0.227 e. The van der Waals surface area contributed by atoms with E-state index in [-0.39, 0.29) is 17.9 Å². The van der Waals surface area contributed by atoms with Crippen molar-refractivity contribution in [1.82, 2.24) is 10.2 Å². The highest BCUT2D eigenvalue weighted by atomic mass is 16.5. The molecule has 2 unspecified atom stereocenters. The van der Waals surface area contributed by atoms with E-state index in [4.69, 9.17) is 9.47 Å². The maximum atomic E-state index is 12.5. The number of carbonyl (C=O) groups is 1. The first-order valence-electron chi connectivity index (χ1n) is 7.26. The predicted molar refractivity (Wildman–Crippen MR) is 81.6 cm³/mol. The average Bonchev–Trinajstić information content (AvgIpc) is 2.92. The number of nitrogens with zero attached hydrogens (tertiary/aromatic N) is 1. The molecule has 0 spiro atoms. The van der Waals surface area contributed by atoms with Gasteiger partial charge >= 0.3 is 0 Å². The largest absolute Gasteiger partial charge is 0.493 e. The van der Waals surface area contributed by atoms with Crippen LogP contribution in [0.15, 0.2) is 18.2 Å². The van der Waals surface area contributed by atoms with Crippen LogP contribution in [0.25, 0.3) is 0 Å². The van der Waals surface area contributed by atoms with E-state index in [9.17, 15) is 4.79 Å². The van der Waals surface area contributed by atoms with E-state index < -0.39 is 0 Å². The number of methoxy groups -OCH3 is 2. The van der Waals surface area contributed by atoms with E-state index in [1.807, 2.05) is 25.2 Å². The molecule has 1 amide bonds. The third kappa shape index (κ3) is 3.47. The molecule has 2 rings (SSSR count). The fourth-order valence-corrected chi connectivity index (χ4v) is 2.81. The SMILES string of the molecule is COc1ccc(CN(C)C(=O)C2CCNC2C)cc1OC. The van der Waals surface area contributed by atoms with Crippen molar-refractivity contribution >= 4 is 5.91 Å². The van der Waals surface area contributed by atoms with Gasteiger partial charge in [0.25, 0.3) is 0 Å². The van der Waals surface area contributed by atoms with Gasteiger partial charge in [0.05, 0.1) is 20.1 Å². The second-order valence-electron chi connectivity index (χ2n) is 5.52. The van der Waals surface area contributed by atoms with Crippen LogP contribution >= 0.6 is 0 Å². The Labute approximate surface area is 126 Å². The molecule has 0 saturated carbocycles. The lowest BCUT2D eigenvalue weighted by molar-refractivity contribution is -0.134. The number of hydrogen-bond acceptors (Lipinski definition) is 4. The summed E-state index contributed by atoms with van der Waals surface area (Å²) in [7, 11) is 5.08. The predicted octanol–water partition coefficient (Wildman–Crippen LogP) is 1.66. The standard InChI is InChI=1S/C16H24N2O3/c1-11-13(7-8-17-11)16(19)18(2)10-12-5-6-14(20-3)15(9-12)21-4/h5-6,9,11,13,17H,7-8,10H2,1-4H3. The number of nitrogens with one attached hydrogen (secondary N) is 1. The fourth-order valence-electron chi connectivity index (χ4n) is 2.81. The van der Waals surface area contributed by atoms with E-state index in [0.717, 1.165) is 18.5 Å². The molecule has 0 bridgehead atoms. The molecule has 116 valence electrons. The summed E-state index contributed by atoms with van der Waals surface area (Å²) < 4.78 is 10.5. The van der Waals surface area contributed by atoms with Gasteiger partial charge in [0.2, 0.25) is 5.91 Å². The lowest BCUT2D eigenvalue weighted by Gasteiger charge is -2.23. The number of rotatable bonds is 5. The molecule has 1 aromatic rings. The first-order valence-corrected chi connectivity index (χ1v) is 7.26. The van der Waals surface area contributed by atoms with Crippen molar-refractivity contribution in [3.8, 4) is 11.5 Å². The smallest absolute Gasteiger partial charge is 0.227 e. The highest BCUT2D eigenvalue weighted by molar-refractivity contribution is 5.79.